The molecular weight excluding hydrogens is 338 g/mol. The topological polar surface area (TPSA) is 21.3 Å². The van der Waals surface area contributed by atoms with Crippen molar-refractivity contribution < 1.29 is 4.74 Å². The fourth-order valence-corrected chi connectivity index (χ4v) is 2.39. The van der Waals surface area contributed by atoms with Crippen molar-refractivity contribution >= 4 is 27.5 Å². The second-order valence-corrected chi connectivity index (χ2v) is 6.18. The molecule has 2 aromatic carbocycles. The highest BCUT2D eigenvalue weighted by Gasteiger charge is 2.04. The van der Waals surface area contributed by atoms with E-state index in [4.69, 9.17) is 16.3 Å². The molecule has 2 aromatic rings. The van der Waals surface area contributed by atoms with Crippen LogP contribution in [0.5, 0.6) is 11.5 Å². The van der Waals surface area contributed by atoms with Gasteiger partial charge >= 0.3 is 0 Å². The number of hydrogen-bond donors (Lipinski definition) is 1. The Bertz CT molecular complexity index is 569. The van der Waals surface area contributed by atoms with Crippen LogP contribution < -0.4 is 10.1 Å². The van der Waals surface area contributed by atoms with E-state index in [0.717, 1.165) is 16.8 Å². The first kappa shape index (κ1) is 15.4. The lowest BCUT2D eigenvalue weighted by Crippen LogP contribution is -2.21. The van der Waals surface area contributed by atoms with Gasteiger partial charge in [0.05, 0.1) is 5.02 Å². The van der Waals surface area contributed by atoms with E-state index in [0.29, 0.717) is 16.8 Å². The summed E-state index contributed by atoms with van der Waals surface area (Å²) >= 11 is 9.50. The van der Waals surface area contributed by atoms with Crippen molar-refractivity contribution in [1.82, 2.24) is 5.32 Å². The van der Waals surface area contributed by atoms with Crippen LogP contribution in [0.25, 0.3) is 0 Å². The average Bonchev–Trinajstić information content (AvgIpc) is 2.41. The number of rotatable bonds is 5. The van der Waals surface area contributed by atoms with E-state index in [-0.39, 0.29) is 0 Å². The molecule has 106 valence electrons. The first-order valence-corrected chi connectivity index (χ1v) is 7.67. The predicted molar refractivity (Wildman–Crippen MR) is 87.6 cm³/mol. The molecule has 0 fully saturated rings. The molecule has 20 heavy (non-hydrogen) atoms. The maximum atomic E-state index is 6.13. The summed E-state index contributed by atoms with van der Waals surface area (Å²) < 4.78 is 6.71. The summed E-state index contributed by atoms with van der Waals surface area (Å²) in [5, 5.41) is 3.97. The van der Waals surface area contributed by atoms with Crippen LogP contribution in [0.3, 0.4) is 0 Å². The van der Waals surface area contributed by atoms with E-state index in [1.807, 2.05) is 30.3 Å². The van der Waals surface area contributed by atoms with Crippen LogP contribution >= 0.6 is 27.5 Å². The smallest absolute Gasteiger partial charge is 0.146 e. The van der Waals surface area contributed by atoms with E-state index in [1.165, 1.54) is 5.56 Å². The van der Waals surface area contributed by atoms with Crippen LogP contribution in [-0.4, -0.2) is 6.04 Å². The van der Waals surface area contributed by atoms with Gasteiger partial charge in [-0.1, -0.05) is 53.5 Å². The molecule has 4 heteroatoms. The van der Waals surface area contributed by atoms with Crippen LogP contribution in [-0.2, 0) is 6.54 Å². The maximum Gasteiger partial charge on any atom is 0.146 e. The molecule has 0 bridgehead atoms. The van der Waals surface area contributed by atoms with E-state index in [1.54, 1.807) is 0 Å². The molecule has 0 aliphatic carbocycles. The molecule has 0 amide bonds. The summed E-state index contributed by atoms with van der Waals surface area (Å²) in [5.41, 5.74) is 1.23. The highest BCUT2D eigenvalue weighted by molar-refractivity contribution is 9.10. The first-order valence-electron chi connectivity index (χ1n) is 6.50. The Morgan fingerprint density at radius 2 is 1.85 bits per heavy atom. The van der Waals surface area contributed by atoms with E-state index in [9.17, 15) is 0 Å². The lowest BCUT2D eigenvalue weighted by atomic mass is 10.2. The lowest BCUT2D eigenvalue weighted by molar-refractivity contribution is 0.482. The van der Waals surface area contributed by atoms with Crippen LogP contribution in [0.4, 0.5) is 0 Å². The van der Waals surface area contributed by atoms with Crippen molar-refractivity contribution in [1.29, 1.82) is 0 Å². The van der Waals surface area contributed by atoms with E-state index >= 15 is 0 Å². The molecule has 0 spiro atoms. The third-order valence-electron chi connectivity index (χ3n) is 2.76. The van der Waals surface area contributed by atoms with Gasteiger partial charge < -0.3 is 10.1 Å². The molecule has 2 rings (SSSR count). The summed E-state index contributed by atoms with van der Waals surface area (Å²) in [4.78, 5) is 0. The standard InChI is InChI=1S/C16H17BrClNO/c1-11(2)19-10-12-3-6-14(7-4-12)20-16-8-5-13(17)9-15(16)18/h3-9,11,19H,10H2,1-2H3. The largest absolute Gasteiger partial charge is 0.456 e. The zero-order valence-electron chi connectivity index (χ0n) is 11.5. The number of benzene rings is 2. The summed E-state index contributed by atoms with van der Waals surface area (Å²) in [6, 6.07) is 14.1. The zero-order valence-corrected chi connectivity index (χ0v) is 13.8. The average molecular weight is 355 g/mol. The van der Waals surface area contributed by atoms with Gasteiger partial charge in [-0.2, -0.15) is 0 Å². The third-order valence-corrected chi connectivity index (χ3v) is 3.55. The van der Waals surface area contributed by atoms with Crippen LogP contribution in [0.1, 0.15) is 19.4 Å². The highest BCUT2D eigenvalue weighted by Crippen LogP contribution is 2.31. The molecule has 0 radical (unpaired) electrons. The number of halogens is 2. The van der Waals surface area contributed by atoms with Gasteiger partial charge in [0.25, 0.3) is 0 Å². The first-order chi connectivity index (χ1) is 9.54. The minimum Gasteiger partial charge on any atom is -0.456 e. The van der Waals surface area contributed by atoms with Gasteiger partial charge in [0.1, 0.15) is 11.5 Å². The second-order valence-electron chi connectivity index (χ2n) is 4.86. The lowest BCUT2D eigenvalue weighted by Gasteiger charge is -2.10. The molecule has 0 saturated heterocycles. The molecule has 0 aliphatic rings. The van der Waals surface area contributed by atoms with E-state index in [2.05, 4.69) is 47.2 Å². The van der Waals surface area contributed by atoms with Crippen molar-refractivity contribution in [2.75, 3.05) is 0 Å². The van der Waals surface area contributed by atoms with Crippen molar-refractivity contribution in [2.24, 2.45) is 0 Å². The molecule has 2 nitrogen and oxygen atoms in total. The summed E-state index contributed by atoms with van der Waals surface area (Å²) in [6.07, 6.45) is 0. The van der Waals surface area contributed by atoms with Crippen LogP contribution in [0.2, 0.25) is 5.02 Å². The van der Waals surface area contributed by atoms with Gasteiger partial charge in [-0.15, -0.1) is 0 Å². The zero-order chi connectivity index (χ0) is 14.5. The molecule has 1 N–H and O–H groups in total. The molecule has 0 unspecified atom stereocenters. The Morgan fingerprint density at radius 3 is 2.45 bits per heavy atom. The Kier molecular flexibility index (Phi) is 5.46. The van der Waals surface area contributed by atoms with Gasteiger partial charge in [-0.3, -0.25) is 0 Å². The van der Waals surface area contributed by atoms with Gasteiger partial charge in [0.15, 0.2) is 0 Å². The predicted octanol–water partition coefficient (Wildman–Crippen LogP) is 5.39. The Hall–Kier alpha value is -1.03. The SMILES string of the molecule is CC(C)NCc1ccc(Oc2ccc(Br)cc2Cl)cc1. The van der Waals surface area contributed by atoms with Crippen molar-refractivity contribution in [3.8, 4) is 11.5 Å². The Labute approximate surface area is 133 Å². The summed E-state index contributed by atoms with van der Waals surface area (Å²) in [5.74, 6) is 1.44. The normalized spacial score (nSPS) is 10.8. The van der Waals surface area contributed by atoms with Crippen LogP contribution in [0, 0.1) is 0 Å². The molecule has 0 atom stereocenters. The monoisotopic (exact) mass is 353 g/mol. The fraction of sp³-hybridized carbons (Fsp3) is 0.250. The number of ether oxygens (including phenoxy) is 1. The number of nitrogens with one attached hydrogen (secondary N) is 1. The molecule has 0 saturated carbocycles. The second kappa shape index (κ2) is 7.11. The summed E-state index contributed by atoms with van der Waals surface area (Å²) in [7, 11) is 0. The van der Waals surface area contributed by atoms with E-state index < -0.39 is 0 Å². The van der Waals surface area contributed by atoms with Gasteiger partial charge in [0.2, 0.25) is 0 Å². The van der Waals surface area contributed by atoms with Crippen LogP contribution in [0.15, 0.2) is 46.9 Å². The molecule has 0 heterocycles. The molecular formula is C16H17BrClNO. The quantitative estimate of drug-likeness (QED) is 0.777. The van der Waals surface area contributed by atoms with Crippen molar-refractivity contribution in [2.45, 2.75) is 26.4 Å². The Morgan fingerprint density at radius 1 is 1.15 bits per heavy atom. The summed E-state index contributed by atoms with van der Waals surface area (Å²) in [6.45, 7) is 5.12. The third kappa shape index (κ3) is 4.51. The number of hydrogen-bond acceptors (Lipinski definition) is 2. The van der Waals surface area contributed by atoms with Crippen molar-refractivity contribution in [3.63, 3.8) is 0 Å². The maximum absolute atomic E-state index is 6.13. The van der Waals surface area contributed by atoms with Gasteiger partial charge in [-0.25, -0.2) is 0 Å². The fourth-order valence-electron chi connectivity index (χ4n) is 1.68. The Balaban J connectivity index is 2.03. The highest BCUT2D eigenvalue weighted by atomic mass is 79.9. The molecule has 0 aromatic heterocycles. The minimum atomic E-state index is 0.479. The molecule has 0 aliphatic heterocycles. The van der Waals surface area contributed by atoms with Crippen molar-refractivity contribution in [3.05, 3.63) is 57.5 Å². The van der Waals surface area contributed by atoms with Gasteiger partial charge in [0, 0.05) is 17.1 Å². The van der Waals surface area contributed by atoms with Gasteiger partial charge in [-0.05, 0) is 35.9 Å². The minimum absolute atomic E-state index is 0.479.